The van der Waals surface area contributed by atoms with Crippen LogP contribution in [0.5, 0.6) is 0 Å². The van der Waals surface area contributed by atoms with Crippen molar-refractivity contribution in [1.29, 1.82) is 0 Å². The van der Waals surface area contributed by atoms with Crippen LogP contribution >= 0.6 is 46.7 Å². The van der Waals surface area contributed by atoms with Crippen LogP contribution in [-0.2, 0) is 0 Å². The normalized spacial score (nSPS) is 13.3. The minimum atomic E-state index is -0.174. The highest BCUT2D eigenvalue weighted by Gasteiger charge is 2.18. The predicted octanol–water partition coefficient (Wildman–Crippen LogP) is 4.64. The first kappa shape index (κ1) is 17.2. The van der Waals surface area contributed by atoms with Gasteiger partial charge >= 0.3 is 0 Å². The lowest BCUT2D eigenvalue weighted by Gasteiger charge is -2.06. The molecule has 0 spiro atoms. The van der Waals surface area contributed by atoms with Crippen LogP contribution in [0.3, 0.4) is 0 Å². The largest absolute Gasteiger partial charge is 0.368 e. The van der Waals surface area contributed by atoms with Gasteiger partial charge in [-0.3, -0.25) is 9.79 Å². The van der Waals surface area contributed by atoms with E-state index in [1.807, 2.05) is 35.7 Å². The maximum absolute atomic E-state index is 12.4. The third-order valence-electron chi connectivity index (χ3n) is 3.54. The summed E-state index contributed by atoms with van der Waals surface area (Å²) >= 11 is 9.28. The molecule has 124 valence electrons. The number of hydrogen-bond acceptors (Lipinski definition) is 5. The zero-order chi connectivity index (χ0) is 15.8. The van der Waals surface area contributed by atoms with Gasteiger partial charge in [0.25, 0.3) is 5.91 Å². The molecule has 0 unspecified atom stereocenters. The summed E-state index contributed by atoms with van der Waals surface area (Å²) in [6, 6.07) is 9.62. The molecule has 8 heteroatoms. The van der Waals surface area contributed by atoms with Crippen LogP contribution in [0.1, 0.15) is 15.2 Å². The molecule has 3 aromatic rings. The topological polar surface area (TPSA) is 53.5 Å². The minimum absolute atomic E-state index is 0. The lowest BCUT2D eigenvalue weighted by molar-refractivity contribution is 0.103. The number of carbonyl (C=O) groups excluding carboxylic acids is 1. The van der Waals surface area contributed by atoms with Gasteiger partial charge in [-0.25, -0.2) is 0 Å². The molecule has 0 aliphatic carbocycles. The Morgan fingerprint density at radius 1 is 1.25 bits per heavy atom. The first-order chi connectivity index (χ1) is 11.2. The van der Waals surface area contributed by atoms with Gasteiger partial charge in [-0.05, 0) is 35.7 Å². The van der Waals surface area contributed by atoms with Gasteiger partial charge in [0.05, 0.1) is 16.3 Å². The summed E-state index contributed by atoms with van der Waals surface area (Å²) in [6.07, 6.45) is 0. The zero-order valence-corrected chi connectivity index (χ0v) is 15.5. The number of nitrogens with zero attached hydrogens (tertiary/aromatic N) is 1. The van der Waals surface area contributed by atoms with E-state index in [0.717, 1.165) is 39.6 Å². The standard InChI is InChI=1S/C16H12ClN3OS2.ClH/c17-12-13-11(5-8-22-13)23-14(12)16(21)20-10-3-1-9(2-4-10)15-18-6-7-19-15;/h1-5,8H,6-7H2,(H,18,19)(H,20,21);1H. The molecule has 0 radical (unpaired) electrons. The van der Waals surface area contributed by atoms with Gasteiger partial charge in [0.2, 0.25) is 0 Å². The lowest BCUT2D eigenvalue weighted by Crippen LogP contribution is -2.19. The van der Waals surface area contributed by atoms with Gasteiger partial charge in [-0.15, -0.1) is 35.1 Å². The number of halogens is 2. The van der Waals surface area contributed by atoms with Crippen LogP contribution in [-0.4, -0.2) is 24.8 Å². The van der Waals surface area contributed by atoms with Crippen molar-refractivity contribution in [3.05, 3.63) is 51.2 Å². The maximum atomic E-state index is 12.4. The number of rotatable bonds is 3. The Morgan fingerprint density at radius 2 is 2.04 bits per heavy atom. The summed E-state index contributed by atoms with van der Waals surface area (Å²) < 4.78 is 2.02. The Hall–Kier alpha value is -1.60. The second-order valence-corrected chi connectivity index (χ2v) is 7.39. The molecule has 1 aliphatic rings. The summed E-state index contributed by atoms with van der Waals surface area (Å²) in [6.45, 7) is 1.68. The molecule has 24 heavy (non-hydrogen) atoms. The molecule has 0 saturated carbocycles. The average molecular weight is 398 g/mol. The molecule has 2 aromatic heterocycles. The highest BCUT2D eigenvalue weighted by molar-refractivity contribution is 7.29. The van der Waals surface area contributed by atoms with Crippen LogP contribution < -0.4 is 10.6 Å². The lowest BCUT2D eigenvalue weighted by atomic mass is 10.2. The van der Waals surface area contributed by atoms with Crippen LogP contribution in [0, 0.1) is 0 Å². The van der Waals surface area contributed by atoms with E-state index in [1.165, 1.54) is 11.3 Å². The Kier molecular flexibility index (Phi) is 5.10. The number of anilines is 1. The average Bonchev–Trinajstić information content (AvgIpc) is 3.27. The fraction of sp³-hybridized carbons (Fsp3) is 0.125. The van der Waals surface area contributed by atoms with Crippen LogP contribution in [0.4, 0.5) is 5.69 Å². The van der Waals surface area contributed by atoms with Crippen molar-refractivity contribution in [3.8, 4) is 0 Å². The van der Waals surface area contributed by atoms with E-state index in [1.54, 1.807) is 11.3 Å². The van der Waals surface area contributed by atoms with Crippen molar-refractivity contribution >= 4 is 73.5 Å². The number of fused-ring (bicyclic) bond motifs is 1. The molecule has 4 nitrogen and oxygen atoms in total. The Balaban J connectivity index is 0.00000169. The highest BCUT2D eigenvalue weighted by Crippen LogP contribution is 2.39. The third kappa shape index (κ3) is 3.15. The monoisotopic (exact) mass is 397 g/mol. The number of nitrogens with one attached hydrogen (secondary N) is 2. The van der Waals surface area contributed by atoms with Gasteiger partial charge in [-0.1, -0.05) is 11.6 Å². The molecule has 0 atom stereocenters. The molecule has 1 amide bonds. The van der Waals surface area contributed by atoms with Crippen molar-refractivity contribution in [3.63, 3.8) is 0 Å². The van der Waals surface area contributed by atoms with Gasteiger partial charge < -0.3 is 10.6 Å². The fourth-order valence-corrected chi connectivity index (χ4v) is 4.96. The van der Waals surface area contributed by atoms with Gasteiger partial charge in [0.15, 0.2) is 0 Å². The highest BCUT2D eigenvalue weighted by atomic mass is 35.5. The summed E-state index contributed by atoms with van der Waals surface area (Å²) in [5.41, 5.74) is 1.76. The van der Waals surface area contributed by atoms with Crippen molar-refractivity contribution in [1.82, 2.24) is 5.32 Å². The van der Waals surface area contributed by atoms with Crippen LogP contribution in [0.2, 0.25) is 5.02 Å². The zero-order valence-electron chi connectivity index (χ0n) is 12.3. The van der Waals surface area contributed by atoms with E-state index in [9.17, 15) is 4.79 Å². The van der Waals surface area contributed by atoms with Crippen molar-refractivity contribution in [2.75, 3.05) is 18.4 Å². The fourth-order valence-electron chi connectivity index (χ4n) is 2.43. The molecule has 1 aliphatic heterocycles. The van der Waals surface area contributed by atoms with Crippen LogP contribution in [0.25, 0.3) is 9.40 Å². The summed E-state index contributed by atoms with van der Waals surface area (Å²) in [5, 5.41) is 8.65. The summed E-state index contributed by atoms with van der Waals surface area (Å²) in [7, 11) is 0. The van der Waals surface area contributed by atoms with Crippen molar-refractivity contribution in [2.24, 2.45) is 4.99 Å². The van der Waals surface area contributed by atoms with Gasteiger partial charge in [0, 0.05) is 22.5 Å². The van der Waals surface area contributed by atoms with E-state index in [-0.39, 0.29) is 18.3 Å². The number of benzene rings is 1. The van der Waals surface area contributed by atoms with E-state index >= 15 is 0 Å². The first-order valence-electron chi connectivity index (χ1n) is 7.08. The molecular weight excluding hydrogens is 385 g/mol. The van der Waals surface area contributed by atoms with E-state index in [0.29, 0.717) is 9.90 Å². The van der Waals surface area contributed by atoms with Crippen LogP contribution in [0.15, 0.2) is 40.7 Å². The molecule has 0 bridgehead atoms. The number of amides is 1. The number of aliphatic imine (C=N–C) groups is 1. The van der Waals surface area contributed by atoms with E-state index < -0.39 is 0 Å². The minimum Gasteiger partial charge on any atom is -0.368 e. The summed E-state index contributed by atoms with van der Waals surface area (Å²) in [5.74, 6) is 0.733. The maximum Gasteiger partial charge on any atom is 0.267 e. The van der Waals surface area contributed by atoms with Crippen molar-refractivity contribution in [2.45, 2.75) is 0 Å². The number of hydrogen-bond donors (Lipinski definition) is 2. The first-order valence-corrected chi connectivity index (χ1v) is 9.15. The quantitative estimate of drug-likeness (QED) is 0.675. The smallest absolute Gasteiger partial charge is 0.267 e. The Morgan fingerprint density at radius 3 is 2.71 bits per heavy atom. The molecule has 0 fully saturated rings. The SMILES string of the molecule is Cl.O=C(Nc1ccc(C2=NCCN2)cc1)c1sc2ccsc2c1Cl. The van der Waals surface area contributed by atoms with E-state index in [4.69, 9.17) is 11.6 Å². The Bertz CT molecular complexity index is 915. The van der Waals surface area contributed by atoms with E-state index in [2.05, 4.69) is 15.6 Å². The molecule has 1 aromatic carbocycles. The molecule has 4 rings (SSSR count). The molecular formula is C16H13Cl2N3OS2. The molecule has 0 saturated heterocycles. The van der Waals surface area contributed by atoms with Gasteiger partial charge in [-0.2, -0.15) is 0 Å². The Labute approximate surface area is 158 Å². The predicted molar refractivity (Wildman–Crippen MR) is 106 cm³/mol. The molecule has 2 N–H and O–H groups in total. The third-order valence-corrected chi connectivity index (χ3v) is 6.35. The second kappa shape index (κ2) is 7.11. The summed E-state index contributed by atoms with van der Waals surface area (Å²) in [4.78, 5) is 17.4. The molecule has 3 heterocycles. The number of carbonyl (C=O) groups is 1. The number of amidine groups is 1. The number of thiophene rings is 2. The van der Waals surface area contributed by atoms with Crippen molar-refractivity contribution < 1.29 is 4.79 Å². The second-order valence-electron chi connectivity index (χ2n) is 5.05. The van der Waals surface area contributed by atoms with Gasteiger partial charge in [0.1, 0.15) is 10.7 Å².